The van der Waals surface area contributed by atoms with E-state index in [9.17, 15) is 26.8 Å². The number of halogens is 2. The van der Waals surface area contributed by atoms with Crippen LogP contribution in [-0.4, -0.2) is 78.6 Å². The predicted octanol–water partition coefficient (Wildman–Crippen LogP) is -0.966. The highest BCUT2D eigenvalue weighted by molar-refractivity contribution is 7.80. The highest BCUT2D eigenvalue weighted by Crippen LogP contribution is 2.41. The Morgan fingerprint density at radius 1 is 1.46 bits per heavy atom. The zero-order valence-electron chi connectivity index (χ0n) is 13.4. The number of rotatable bonds is 6. The third kappa shape index (κ3) is 3.88. The molecule has 1 unspecified atom stereocenters. The van der Waals surface area contributed by atoms with Gasteiger partial charge in [0.05, 0.1) is 13.2 Å². The average molecular weight is 400 g/mol. The number of fused-ring (bicyclic) bond motifs is 2. The minimum atomic E-state index is -5.18. The molecule has 0 radical (unpaired) electrons. The summed E-state index contributed by atoms with van der Waals surface area (Å²) in [5.41, 5.74) is 2.05. The second-order valence-corrected chi connectivity index (χ2v) is 7.33. The minimum absolute atomic E-state index is 0.0412. The third-order valence-corrected chi connectivity index (χ3v) is 4.86. The van der Waals surface area contributed by atoms with Gasteiger partial charge in [0.2, 0.25) is 0 Å². The van der Waals surface area contributed by atoms with E-state index in [0.29, 0.717) is 0 Å². The van der Waals surface area contributed by atoms with Crippen LogP contribution in [0.5, 0.6) is 0 Å². The monoisotopic (exact) mass is 400 g/mol. The molecule has 0 aromatic carbocycles. The maximum atomic E-state index is 14.3. The van der Waals surface area contributed by atoms with Gasteiger partial charge in [0.1, 0.15) is 12.1 Å². The standard InChI is InChI=1S/C12H18F2N4O7S/c13-12(14)4-8(10(19)16-24-6-7-2-1-3-15-7)17-5-9(12)18(11(17)20)25-26(21,22)23/h7-9,15H,1-6H2,(H,16,19)(H,21,22,23)/t7?,8-,9-/m0/s1. The lowest BCUT2D eigenvalue weighted by Crippen LogP contribution is -2.56. The van der Waals surface area contributed by atoms with Gasteiger partial charge >= 0.3 is 16.4 Å². The van der Waals surface area contributed by atoms with Crippen molar-refractivity contribution in [3.8, 4) is 0 Å². The molecule has 26 heavy (non-hydrogen) atoms. The van der Waals surface area contributed by atoms with Gasteiger partial charge in [-0.25, -0.2) is 19.1 Å². The lowest BCUT2D eigenvalue weighted by atomic mass is 9.96. The van der Waals surface area contributed by atoms with Gasteiger partial charge in [-0.3, -0.25) is 14.2 Å². The maximum Gasteiger partial charge on any atom is 0.418 e. The predicted molar refractivity (Wildman–Crippen MR) is 78.8 cm³/mol. The molecule has 3 saturated heterocycles. The van der Waals surface area contributed by atoms with Crippen LogP contribution in [0, 0.1) is 0 Å². The quantitative estimate of drug-likeness (QED) is 0.383. The first-order valence-electron chi connectivity index (χ1n) is 7.88. The van der Waals surface area contributed by atoms with E-state index >= 15 is 0 Å². The topological polar surface area (TPSA) is 138 Å². The summed E-state index contributed by atoms with van der Waals surface area (Å²) >= 11 is 0. The number of urea groups is 1. The summed E-state index contributed by atoms with van der Waals surface area (Å²) in [7, 11) is -5.18. The van der Waals surface area contributed by atoms with Crippen LogP contribution in [-0.2, 0) is 24.3 Å². The zero-order valence-corrected chi connectivity index (χ0v) is 14.2. The molecule has 0 aliphatic carbocycles. The molecule has 3 amide bonds. The molecule has 0 aromatic rings. The Morgan fingerprint density at radius 2 is 2.19 bits per heavy atom. The molecule has 148 valence electrons. The molecule has 0 aromatic heterocycles. The largest absolute Gasteiger partial charge is 0.418 e. The number of carbonyl (C=O) groups is 2. The SMILES string of the molecule is O=C(NOCC1CCCN1)[C@@H]1CC(F)(F)[C@@H]2CN1C(=O)N2OS(=O)(=O)O. The van der Waals surface area contributed by atoms with Crippen LogP contribution in [0.25, 0.3) is 0 Å². The summed E-state index contributed by atoms with van der Waals surface area (Å²) in [5.74, 6) is -4.56. The number of hydrogen-bond donors (Lipinski definition) is 3. The van der Waals surface area contributed by atoms with Gasteiger partial charge in [-0.05, 0) is 19.4 Å². The van der Waals surface area contributed by atoms with E-state index in [2.05, 4.69) is 15.1 Å². The van der Waals surface area contributed by atoms with Gasteiger partial charge in [0, 0.05) is 12.5 Å². The highest BCUT2D eigenvalue weighted by atomic mass is 32.3. The lowest BCUT2D eigenvalue weighted by molar-refractivity contribution is -0.159. The van der Waals surface area contributed by atoms with Crippen LogP contribution in [0.15, 0.2) is 0 Å². The van der Waals surface area contributed by atoms with Crippen molar-refractivity contribution in [3.63, 3.8) is 0 Å². The average Bonchev–Trinajstić information content (AvgIpc) is 3.12. The molecule has 3 N–H and O–H groups in total. The van der Waals surface area contributed by atoms with Gasteiger partial charge in [-0.1, -0.05) is 0 Å². The van der Waals surface area contributed by atoms with Crippen LogP contribution in [0.3, 0.4) is 0 Å². The molecule has 0 saturated carbocycles. The number of hydrogen-bond acceptors (Lipinski definition) is 7. The second kappa shape index (κ2) is 6.84. The molecule has 3 atom stereocenters. The van der Waals surface area contributed by atoms with Crippen LogP contribution < -0.4 is 10.8 Å². The van der Waals surface area contributed by atoms with E-state index < -0.39 is 53.3 Å². The van der Waals surface area contributed by atoms with Gasteiger partial charge in [0.15, 0.2) is 0 Å². The van der Waals surface area contributed by atoms with Crippen LogP contribution in [0.2, 0.25) is 0 Å². The van der Waals surface area contributed by atoms with E-state index in [-0.39, 0.29) is 17.7 Å². The van der Waals surface area contributed by atoms with Gasteiger partial charge in [0.25, 0.3) is 11.8 Å². The molecule has 3 aliphatic heterocycles. The number of carbonyl (C=O) groups excluding carboxylic acids is 2. The van der Waals surface area contributed by atoms with Crippen molar-refractivity contribution in [1.82, 2.24) is 20.8 Å². The number of piperidine rings is 1. The fraction of sp³-hybridized carbons (Fsp3) is 0.833. The number of nitrogens with zero attached hydrogens (tertiary/aromatic N) is 2. The molecule has 3 fully saturated rings. The van der Waals surface area contributed by atoms with Crippen molar-refractivity contribution in [2.45, 2.75) is 43.3 Å². The number of amides is 3. The van der Waals surface area contributed by atoms with Crippen molar-refractivity contribution in [2.24, 2.45) is 0 Å². The normalized spacial score (nSPS) is 30.7. The Morgan fingerprint density at radius 3 is 2.81 bits per heavy atom. The number of hydroxylamine groups is 3. The molecular weight excluding hydrogens is 382 g/mol. The van der Waals surface area contributed by atoms with E-state index in [0.717, 1.165) is 24.3 Å². The molecule has 11 nitrogen and oxygen atoms in total. The van der Waals surface area contributed by atoms with Gasteiger partial charge < -0.3 is 10.2 Å². The summed E-state index contributed by atoms with van der Waals surface area (Å²) in [5, 5.41) is 3.00. The number of nitrogens with one attached hydrogen (secondary N) is 2. The Labute approximate surface area is 147 Å². The Hall–Kier alpha value is -1.61. The highest BCUT2D eigenvalue weighted by Gasteiger charge is 2.62. The van der Waals surface area contributed by atoms with Crippen molar-refractivity contribution in [3.05, 3.63) is 0 Å². The Bertz CT molecular complexity index is 685. The van der Waals surface area contributed by atoms with Gasteiger partial charge in [-0.15, -0.1) is 4.28 Å². The first-order chi connectivity index (χ1) is 12.1. The molecule has 0 spiro atoms. The first kappa shape index (κ1) is 19.2. The molecule has 3 aliphatic rings. The third-order valence-electron chi connectivity index (χ3n) is 4.51. The Kier molecular flexibility index (Phi) is 5.04. The maximum absolute atomic E-state index is 14.3. The van der Waals surface area contributed by atoms with Crippen LogP contribution in [0.4, 0.5) is 13.6 Å². The number of alkyl halides is 2. The van der Waals surface area contributed by atoms with Crippen molar-refractivity contribution in [2.75, 3.05) is 19.7 Å². The molecular formula is C12H18F2N4O7S. The summed E-state index contributed by atoms with van der Waals surface area (Å²) in [6.07, 6.45) is 0.779. The molecule has 3 rings (SSSR count). The minimum Gasteiger partial charge on any atom is -0.312 e. The van der Waals surface area contributed by atoms with E-state index in [1.165, 1.54) is 0 Å². The van der Waals surface area contributed by atoms with Crippen molar-refractivity contribution in [1.29, 1.82) is 0 Å². The summed E-state index contributed by atoms with van der Waals surface area (Å²) in [6.45, 7) is 0.330. The smallest absolute Gasteiger partial charge is 0.312 e. The fourth-order valence-corrected chi connectivity index (χ4v) is 3.64. The summed E-state index contributed by atoms with van der Waals surface area (Å²) in [4.78, 5) is 30.1. The molecule has 2 bridgehead atoms. The fourth-order valence-electron chi connectivity index (χ4n) is 3.27. The zero-order chi connectivity index (χ0) is 19.1. The Balaban J connectivity index is 1.65. The second-order valence-electron chi connectivity index (χ2n) is 6.33. The first-order valence-corrected chi connectivity index (χ1v) is 9.25. The van der Waals surface area contributed by atoms with E-state index in [1.54, 1.807) is 0 Å². The van der Waals surface area contributed by atoms with Gasteiger partial charge in [-0.2, -0.15) is 13.5 Å². The van der Waals surface area contributed by atoms with Crippen LogP contribution >= 0.6 is 0 Å². The molecule has 14 heteroatoms. The van der Waals surface area contributed by atoms with Crippen molar-refractivity contribution >= 4 is 22.3 Å². The van der Waals surface area contributed by atoms with Crippen LogP contribution in [0.1, 0.15) is 19.3 Å². The van der Waals surface area contributed by atoms with E-state index in [4.69, 9.17) is 9.39 Å². The summed E-state index contributed by atoms with van der Waals surface area (Å²) < 4.78 is 62.7. The van der Waals surface area contributed by atoms with Crippen molar-refractivity contribution < 1.29 is 40.5 Å². The summed E-state index contributed by atoms with van der Waals surface area (Å²) in [6, 6.07) is -4.73. The lowest BCUT2D eigenvalue weighted by Gasteiger charge is -2.34. The van der Waals surface area contributed by atoms with E-state index in [1.807, 2.05) is 0 Å². The molecule has 3 heterocycles.